The molecule has 1 saturated carbocycles. The summed E-state index contributed by atoms with van der Waals surface area (Å²) in [6.07, 6.45) is 12.1. The van der Waals surface area contributed by atoms with Gasteiger partial charge in [-0.05, 0) is 66.9 Å². The molecule has 1 aliphatic heterocycles. The summed E-state index contributed by atoms with van der Waals surface area (Å²) in [5.41, 5.74) is 6.00. The molecule has 1 aromatic carbocycles. The number of aromatic amines is 1. The minimum atomic E-state index is -0.213. The Morgan fingerprint density at radius 1 is 1.11 bits per heavy atom. The van der Waals surface area contributed by atoms with Gasteiger partial charge in [-0.3, -0.25) is 9.69 Å². The number of piperazine rings is 1. The van der Waals surface area contributed by atoms with Gasteiger partial charge in [0.1, 0.15) is 11.8 Å². The first-order chi connectivity index (χ1) is 16.9. The van der Waals surface area contributed by atoms with Gasteiger partial charge in [0.05, 0.1) is 5.56 Å². The average molecular weight is 472 g/mol. The molecule has 0 spiro atoms. The smallest absolute Gasteiger partial charge is 0.272 e. The monoisotopic (exact) mass is 471 g/mol. The lowest BCUT2D eigenvalue weighted by atomic mass is 9.76. The summed E-state index contributed by atoms with van der Waals surface area (Å²) in [5.74, 6) is -0.213. The molecule has 6 heteroatoms. The Labute approximate surface area is 208 Å². The van der Waals surface area contributed by atoms with Crippen LogP contribution in [0.2, 0.25) is 0 Å². The van der Waals surface area contributed by atoms with Gasteiger partial charge in [-0.1, -0.05) is 38.8 Å². The SMILES string of the molecule is CC1(C)CC=C(c2cc(C3(N4CCNCC4)CCCC3)ccc2NC(=O)c2cc(C#N)c[nH]2)CC1. The summed E-state index contributed by atoms with van der Waals surface area (Å²) in [7, 11) is 0. The van der Waals surface area contributed by atoms with Gasteiger partial charge >= 0.3 is 0 Å². The number of allylic oxidation sites excluding steroid dienone is 2. The van der Waals surface area contributed by atoms with Gasteiger partial charge in [-0.2, -0.15) is 5.26 Å². The molecule has 2 aromatic rings. The zero-order chi connectivity index (χ0) is 24.5. The van der Waals surface area contributed by atoms with Crippen LogP contribution in [0.3, 0.4) is 0 Å². The average Bonchev–Trinajstić information content (AvgIpc) is 3.56. The third-order valence-electron chi connectivity index (χ3n) is 8.33. The number of hydrogen-bond donors (Lipinski definition) is 3. The minimum absolute atomic E-state index is 0.0923. The number of amides is 1. The first-order valence-corrected chi connectivity index (χ1v) is 13.1. The van der Waals surface area contributed by atoms with Crippen LogP contribution in [0.1, 0.15) is 86.0 Å². The van der Waals surface area contributed by atoms with Crippen LogP contribution in [-0.4, -0.2) is 42.0 Å². The van der Waals surface area contributed by atoms with E-state index in [1.807, 2.05) is 0 Å². The topological polar surface area (TPSA) is 83.9 Å². The molecule has 35 heavy (non-hydrogen) atoms. The number of nitrogens with zero attached hydrogens (tertiary/aromatic N) is 2. The molecule has 0 radical (unpaired) electrons. The molecule has 2 heterocycles. The number of benzene rings is 1. The van der Waals surface area contributed by atoms with Crippen molar-refractivity contribution in [1.29, 1.82) is 5.26 Å². The van der Waals surface area contributed by atoms with Crippen LogP contribution in [-0.2, 0) is 5.54 Å². The Morgan fingerprint density at radius 2 is 1.89 bits per heavy atom. The van der Waals surface area contributed by atoms with E-state index in [4.69, 9.17) is 5.26 Å². The van der Waals surface area contributed by atoms with Crippen LogP contribution in [0.5, 0.6) is 0 Å². The molecule has 1 aromatic heterocycles. The van der Waals surface area contributed by atoms with E-state index in [1.165, 1.54) is 36.8 Å². The summed E-state index contributed by atoms with van der Waals surface area (Å²) in [6, 6.07) is 10.4. The summed E-state index contributed by atoms with van der Waals surface area (Å²) >= 11 is 0. The third-order valence-corrected chi connectivity index (χ3v) is 8.33. The second kappa shape index (κ2) is 9.64. The van der Waals surface area contributed by atoms with Gasteiger partial charge in [0, 0.05) is 49.2 Å². The fourth-order valence-corrected chi connectivity index (χ4v) is 6.15. The lowest BCUT2D eigenvalue weighted by Crippen LogP contribution is -2.53. The van der Waals surface area contributed by atoms with Crippen molar-refractivity contribution >= 4 is 17.2 Å². The van der Waals surface area contributed by atoms with E-state index in [0.29, 0.717) is 16.7 Å². The van der Waals surface area contributed by atoms with Crippen molar-refractivity contribution in [2.45, 2.75) is 64.3 Å². The Kier molecular flexibility index (Phi) is 6.57. The molecule has 0 bridgehead atoms. The molecular formula is C29H37N5O. The summed E-state index contributed by atoms with van der Waals surface area (Å²) in [6.45, 7) is 8.91. The van der Waals surface area contributed by atoms with E-state index < -0.39 is 0 Å². The van der Waals surface area contributed by atoms with E-state index in [1.54, 1.807) is 12.3 Å². The Morgan fingerprint density at radius 3 is 2.54 bits per heavy atom. The van der Waals surface area contributed by atoms with Gasteiger partial charge in [0.15, 0.2) is 0 Å². The van der Waals surface area contributed by atoms with Crippen molar-refractivity contribution in [3.63, 3.8) is 0 Å². The van der Waals surface area contributed by atoms with Crippen LogP contribution < -0.4 is 10.6 Å². The molecular weight excluding hydrogens is 434 g/mol. The fourth-order valence-electron chi connectivity index (χ4n) is 6.15. The second-order valence-corrected chi connectivity index (χ2v) is 11.2. The maximum Gasteiger partial charge on any atom is 0.272 e. The number of nitrogens with one attached hydrogen (secondary N) is 3. The lowest BCUT2D eigenvalue weighted by Gasteiger charge is -2.44. The van der Waals surface area contributed by atoms with E-state index in [-0.39, 0.29) is 11.4 Å². The molecule has 1 amide bonds. The Balaban J connectivity index is 1.52. The van der Waals surface area contributed by atoms with Crippen LogP contribution >= 0.6 is 0 Å². The van der Waals surface area contributed by atoms with Gasteiger partial charge in [0.25, 0.3) is 5.91 Å². The van der Waals surface area contributed by atoms with E-state index in [9.17, 15) is 4.79 Å². The standard InChI is InChI=1S/C29H37N5O/c1-28(2)11-7-22(8-12-28)24-18-23(29(9-3-4-10-29)34-15-13-31-14-16-34)5-6-25(24)33-27(35)26-17-21(19-30)20-32-26/h5-7,17-18,20,31-32H,3-4,8-16H2,1-2H3,(H,33,35). The van der Waals surface area contributed by atoms with Gasteiger partial charge in [0.2, 0.25) is 0 Å². The highest BCUT2D eigenvalue weighted by molar-refractivity contribution is 6.04. The Hall–Kier alpha value is -2.88. The van der Waals surface area contributed by atoms with E-state index in [2.05, 4.69) is 64.7 Å². The maximum absolute atomic E-state index is 13.0. The van der Waals surface area contributed by atoms with Crippen LogP contribution in [0.4, 0.5) is 5.69 Å². The van der Waals surface area contributed by atoms with Crippen molar-refractivity contribution < 1.29 is 4.79 Å². The predicted molar refractivity (Wildman–Crippen MR) is 140 cm³/mol. The van der Waals surface area contributed by atoms with E-state index in [0.717, 1.165) is 56.7 Å². The van der Waals surface area contributed by atoms with Crippen LogP contribution in [0.25, 0.3) is 5.57 Å². The van der Waals surface area contributed by atoms with Gasteiger partial charge < -0.3 is 15.6 Å². The van der Waals surface area contributed by atoms with Crippen LogP contribution in [0.15, 0.2) is 36.5 Å². The molecule has 0 unspecified atom stereocenters. The quantitative estimate of drug-likeness (QED) is 0.545. The number of nitriles is 1. The third kappa shape index (κ3) is 4.80. The summed E-state index contributed by atoms with van der Waals surface area (Å²) in [4.78, 5) is 18.7. The van der Waals surface area contributed by atoms with Crippen molar-refractivity contribution in [3.8, 4) is 6.07 Å². The zero-order valence-corrected chi connectivity index (χ0v) is 21.0. The zero-order valence-electron chi connectivity index (χ0n) is 21.0. The number of carbonyl (C=O) groups excluding carboxylic acids is 1. The highest BCUT2D eigenvalue weighted by Gasteiger charge is 2.41. The molecule has 5 rings (SSSR count). The number of aromatic nitrogens is 1. The summed E-state index contributed by atoms with van der Waals surface area (Å²) < 4.78 is 0. The van der Waals surface area contributed by atoms with Crippen molar-refractivity contribution in [3.05, 3.63) is 58.9 Å². The molecule has 2 fully saturated rings. The van der Waals surface area contributed by atoms with Crippen molar-refractivity contribution in [1.82, 2.24) is 15.2 Å². The lowest BCUT2D eigenvalue weighted by molar-refractivity contribution is 0.0757. The largest absolute Gasteiger partial charge is 0.356 e. The number of carbonyl (C=O) groups is 1. The van der Waals surface area contributed by atoms with Crippen molar-refractivity contribution in [2.24, 2.45) is 5.41 Å². The molecule has 3 aliphatic rings. The number of hydrogen-bond acceptors (Lipinski definition) is 4. The highest BCUT2D eigenvalue weighted by atomic mass is 16.1. The normalized spacial score (nSPS) is 21.8. The van der Waals surface area contributed by atoms with Gasteiger partial charge in [-0.15, -0.1) is 0 Å². The molecule has 1 saturated heterocycles. The minimum Gasteiger partial charge on any atom is -0.356 e. The Bertz CT molecular complexity index is 1160. The molecule has 2 aliphatic carbocycles. The first kappa shape index (κ1) is 23.8. The number of anilines is 1. The first-order valence-electron chi connectivity index (χ1n) is 13.1. The molecule has 6 nitrogen and oxygen atoms in total. The van der Waals surface area contributed by atoms with Gasteiger partial charge in [-0.25, -0.2) is 0 Å². The number of rotatable bonds is 5. The van der Waals surface area contributed by atoms with Crippen LogP contribution in [0, 0.1) is 16.7 Å². The second-order valence-electron chi connectivity index (χ2n) is 11.2. The maximum atomic E-state index is 13.0. The highest BCUT2D eigenvalue weighted by Crippen LogP contribution is 2.47. The summed E-state index contributed by atoms with van der Waals surface area (Å²) in [5, 5.41) is 15.8. The molecule has 184 valence electrons. The molecule has 3 N–H and O–H groups in total. The number of H-pyrrole nitrogens is 1. The predicted octanol–water partition coefficient (Wildman–Crippen LogP) is 5.41. The van der Waals surface area contributed by atoms with Crippen molar-refractivity contribution in [2.75, 3.05) is 31.5 Å². The molecule has 0 atom stereocenters. The van der Waals surface area contributed by atoms with E-state index >= 15 is 0 Å². The fraction of sp³-hybridized carbons (Fsp3) is 0.517.